The highest BCUT2D eigenvalue weighted by atomic mass is 16.5. The fourth-order valence-corrected chi connectivity index (χ4v) is 0.856. The molecule has 0 N–H and O–H groups in total. The Morgan fingerprint density at radius 1 is 1.36 bits per heavy atom. The van der Waals surface area contributed by atoms with Gasteiger partial charge in [0.2, 0.25) is 0 Å². The van der Waals surface area contributed by atoms with Gasteiger partial charge in [-0.25, -0.2) is 0 Å². The van der Waals surface area contributed by atoms with E-state index < -0.39 is 0 Å². The average molecular weight is 194 g/mol. The van der Waals surface area contributed by atoms with E-state index in [0.717, 1.165) is 18.4 Å². The fraction of sp³-hybridized carbons (Fsp3) is 0.417. The van der Waals surface area contributed by atoms with Crippen LogP contribution in [0.25, 0.3) is 0 Å². The molecule has 2 nitrogen and oxygen atoms in total. The predicted octanol–water partition coefficient (Wildman–Crippen LogP) is 3.37. The highest BCUT2D eigenvalue weighted by Gasteiger charge is 1.89. The Kier molecular flexibility index (Phi) is 6.46. The van der Waals surface area contributed by atoms with E-state index in [1.54, 1.807) is 6.08 Å². The van der Waals surface area contributed by atoms with E-state index in [0.29, 0.717) is 0 Å². The van der Waals surface area contributed by atoms with Crippen LogP contribution in [0.1, 0.15) is 33.6 Å². The van der Waals surface area contributed by atoms with Crippen molar-refractivity contribution in [3.8, 4) is 0 Å². The first kappa shape index (κ1) is 12.7. The lowest BCUT2D eigenvalue weighted by Gasteiger charge is -1.97. The maximum absolute atomic E-state index is 10.4. The van der Waals surface area contributed by atoms with Gasteiger partial charge >= 0.3 is 5.97 Å². The van der Waals surface area contributed by atoms with Gasteiger partial charge in [-0.1, -0.05) is 23.8 Å². The molecule has 0 fully saturated rings. The molecule has 0 unspecified atom stereocenters. The second kappa shape index (κ2) is 7.13. The van der Waals surface area contributed by atoms with Crippen molar-refractivity contribution in [1.29, 1.82) is 0 Å². The SMILES string of the molecule is C=C(/C=C/OC(C)=O)CCC=C(C)C. The zero-order valence-electron chi connectivity index (χ0n) is 9.17. The van der Waals surface area contributed by atoms with Gasteiger partial charge in [-0.3, -0.25) is 4.79 Å². The molecule has 0 saturated heterocycles. The molecule has 0 radical (unpaired) electrons. The number of hydrogen-bond acceptors (Lipinski definition) is 2. The van der Waals surface area contributed by atoms with Crippen molar-refractivity contribution in [3.05, 3.63) is 36.1 Å². The minimum atomic E-state index is -0.307. The molecule has 14 heavy (non-hydrogen) atoms. The van der Waals surface area contributed by atoms with Gasteiger partial charge in [-0.2, -0.15) is 0 Å². The summed E-state index contributed by atoms with van der Waals surface area (Å²) in [6.07, 6.45) is 7.13. The molecule has 2 heteroatoms. The molecule has 78 valence electrons. The van der Waals surface area contributed by atoms with E-state index in [-0.39, 0.29) is 5.97 Å². The predicted molar refractivity (Wildman–Crippen MR) is 58.7 cm³/mol. The number of esters is 1. The summed E-state index contributed by atoms with van der Waals surface area (Å²) in [6, 6.07) is 0. The van der Waals surface area contributed by atoms with Gasteiger partial charge in [0.15, 0.2) is 0 Å². The first-order valence-electron chi connectivity index (χ1n) is 4.67. The first-order valence-corrected chi connectivity index (χ1v) is 4.67. The smallest absolute Gasteiger partial charge is 0.307 e. The maximum atomic E-state index is 10.4. The highest BCUT2D eigenvalue weighted by Crippen LogP contribution is 2.06. The van der Waals surface area contributed by atoms with Crippen LogP contribution in [0, 0.1) is 0 Å². The Morgan fingerprint density at radius 3 is 2.50 bits per heavy atom. The lowest BCUT2D eigenvalue weighted by atomic mass is 10.1. The summed E-state index contributed by atoms with van der Waals surface area (Å²) in [7, 11) is 0. The molecule has 0 saturated carbocycles. The number of hydrogen-bond donors (Lipinski definition) is 0. The van der Waals surface area contributed by atoms with Crippen LogP contribution in [0.5, 0.6) is 0 Å². The third kappa shape index (κ3) is 8.78. The van der Waals surface area contributed by atoms with Crippen LogP contribution in [0.2, 0.25) is 0 Å². The molecule has 0 amide bonds. The Labute approximate surface area is 86.0 Å². The zero-order valence-corrected chi connectivity index (χ0v) is 9.17. The minimum absolute atomic E-state index is 0.307. The molecule has 0 heterocycles. The van der Waals surface area contributed by atoms with Crippen molar-refractivity contribution < 1.29 is 9.53 Å². The highest BCUT2D eigenvalue weighted by molar-refractivity contribution is 5.66. The van der Waals surface area contributed by atoms with Crippen molar-refractivity contribution in [1.82, 2.24) is 0 Å². The second-order valence-corrected chi connectivity index (χ2v) is 3.39. The summed E-state index contributed by atoms with van der Waals surface area (Å²) in [6.45, 7) is 9.35. The van der Waals surface area contributed by atoms with E-state index in [1.807, 2.05) is 0 Å². The van der Waals surface area contributed by atoms with Crippen LogP contribution in [-0.4, -0.2) is 5.97 Å². The standard InChI is InChI=1S/C12H18O2/c1-10(2)6-5-7-11(3)8-9-14-12(4)13/h6,8-9H,3,5,7H2,1-2,4H3/b9-8+. The van der Waals surface area contributed by atoms with Crippen LogP contribution < -0.4 is 0 Å². The summed E-state index contributed by atoms with van der Waals surface area (Å²) >= 11 is 0. The van der Waals surface area contributed by atoms with Gasteiger partial charge in [-0.05, 0) is 32.8 Å². The number of allylic oxidation sites excluding steroid dienone is 4. The van der Waals surface area contributed by atoms with Gasteiger partial charge in [0.25, 0.3) is 0 Å². The number of ether oxygens (including phenoxy) is 1. The van der Waals surface area contributed by atoms with E-state index in [4.69, 9.17) is 0 Å². The molecular formula is C12H18O2. The molecule has 0 aliphatic rings. The van der Waals surface area contributed by atoms with Crippen LogP contribution in [0.15, 0.2) is 36.1 Å². The minimum Gasteiger partial charge on any atom is -0.435 e. The van der Waals surface area contributed by atoms with Crippen LogP contribution in [0.3, 0.4) is 0 Å². The molecule has 0 aromatic heterocycles. The van der Waals surface area contributed by atoms with E-state index in [1.165, 1.54) is 18.8 Å². The Morgan fingerprint density at radius 2 is 2.00 bits per heavy atom. The lowest BCUT2D eigenvalue weighted by Crippen LogP contribution is -1.89. The lowest BCUT2D eigenvalue weighted by molar-refractivity contribution is -0.135. The van der Waals surface area contributed by atoms with E-state index >= 15 is 0 Å². The summed E-state index contributed by atoms with van der Waals surface area (Å²) in [5.74, 6) is -0.307. The molecule has 0 aromatic carbocycles. The van der Waals surface area contributed by atoms with Crippen molar-refractivity contribution >= 4 is 5.97 Å². The van der Waals surface area contributed by atoms with Gasteiger partial charge in [0.1, 0.15) is 0 Å². The summed E-state index contributed by atoms with van der Waals surface area (Å²) in [5, 5.41) is 0. The van der Waals surface area contributed by atoms with Gasteiger partial charge in [0, 0.05) is 6.92 Å². The number of carbonyl (C=O) groups excluding carboxylic acids is 1. The van der Waals surface area contributed by atoms with Gasteiger partial charge in [-0.15, -0.1) is 0 Å². The summed E-state index contributed by atoms with van der Waals surface area (Å²) in [5.41, 5.74) is 2.27. The van der Waals surface area contributed by atoms with Gasteiger partial charge in [0.05, 0.1) is 6.26 Å². The number of carbonyl (C=O) groups is 1. The third-order valence-electron chi connectivity index (χ3n) is 1.56. The normalized spacial score (nSPS) is 9.93. The zero-order chi connectivity index (χ0) is 11.0. The van der Waals surface area contributed by atoms with Gasteiger partial charge < -0.3 is 4.74 Å². The summed E-state index contributed by atoms with van der Waals surface area (Å²) in [4.78, 5) is 10.4. The topological polar surface area (TPSA) is 26.3 Å². The first-order chi connectivity index (χ1) is 6.52. The average Bonchev–Trinajstić information content (AvgIpc) is 2.02. The quantitative estimate of drug-likeness (QED) is 0.290. The molecule has 0 bridgehead atoms. The fourth-order valence-electron chi connectivity index (χ4n) is 0.856. The van der Waals surface area contributed by atoms with E-state index in [9.17, 15) is 4.79 Å². The molecular weight excluding hydrogens is 176 g/mol. The molecule has 0 rings (SSSR count). The number of rotatable bonds is 5. The molecule has 0 atom stereocenters. The second-order valence-electron chi connectivity index (χ2n) is 3.39. The molecule has 0 spiro atoms. The third-order valence-corrected chi connectivity index (χ3v) is 1.56. The monoisotopic (exact) mass is 194 g/mol. The van der Waals surface area contributed by atoms with Crippen molar-refractivity contribution in [2.24, 2.45) is 0 Å². The Bertz CT molecular complexity index is 255. The Balaban J connectivity index is 3.71. The van der Waals surface area contributed by atoms with Crippen LogP contribution in [0.4, 0.5) is 0 Å². The van der Waals surface area contributed by atoms with Crippen molar-refractivity contribution in [2.75, 3.05) is 0 Å². The summed E-state index contributed by atoms with van der Waals surface area (Å²) < 4.78 is 4.64. The van der Waals surface area contributed by atoms with Crippen LogP contribution >= 0.6 is 0 Å². The Hall–Kier alpha value is -1.31. The molecule has 0 aromatic rings. The van der Waals surface area contributed by atoms with Crippen molar-refractivity contribution in [2.45, 2.75) is 33.6 Å². The largest absolute Gasteiger partial charge is 0.435 e. The molecule has 0 aliphatic carbocycles. The van der Waals surface area contributed by atoms with E-state index in [2.05, 4.69) is 31.2 Å². The molecule has 0 aliphatic heterocycles. The van der Waals surface area contributed by atoms with Crippen molar-refractivity contribution in [3.63, 3.8) is 0 Å². The van der Waals surface area contributed by atoms with Crippen LogP contribution in [-0.2, 0) is 9.53 Å². The maximum Gasteiger partial charge on any atom is 0.307 e.